The first-order chi connectivity index (χ1) is 15.7. The van der Waals surface area contributed by atoms with Gasteiger partial charge < -0.3 is 10.2 Å². The minimum absolute atomic E-state index is 0.0857. The minimum Gasteiger partial charge on any atom is -0.352 e. The van der Waals surface area contributed by atoms with Crippen LogP contribution in [-0.2, 0) is 14.8 Å². The minimum atomic E-state index is -3.79. The number of amides is 2. The second-order valence-corrected chi connectivity index (χ2v) is 10.2. The molecule has 0 saturated carbocycles. The molecule has 2 amide bonds. The van der Waals surface area contributed by atoms with Crippen molar-refractivity contribution in [3.63, 3.8) is 0 Å². The van der Waals surface area contributed by atoms with Gasteiger partial charge in [-0.05, 0) is 54.7 Å². The molecule has 2 N–H and O–H groups in total. The van der Waals surface area contributed by atoms with Crippen molar-refractivity contribution in [1.29, 1.82) is 0 Å². The summed E-state index contributed by atoms with van der Waals surface area (Å²) < 4.78 is 28.2. The third kappa shape index (κ3) is 6.22. The molecule has 3 rings (SSSR count). The van der Waals surface area contributed by atoms with Crippen molar-refractivity contribution in [3.8, 4) is 0 Å². The number of likely N-dealkylation sites (tertiary alicyclic amines) is 1. The fourth-order valence-corrected chi connectivity index (χ4v) is 4.89. The fourth-order valence-electron chi connectivity index (χ4n) is 3.84. The summed E-state index contributed by atoms with van der Waals surface area (Å²) in [7, 11) is -3.79. The number of carbonyl (C=O) groups excluding carboxylic acids is 2. The van der Waals surface area contributed by atoms with Gasteiger partial charge in [-0.3, -0.25) is 14.3 Å². The second-order valence-electron chi connectivity index (χ2n) is 8.53. The molecule has 1 unspecified atom stereocenters. The number of sulfonamides is 1. The molecule has 0 bridgehead atoms. The van der Waals surface area contributed by atoms with Crippen LogP contribution in [0.5, 0.6) is 0 Å². The fraction of sp³-hybridized carbons (Fsp3) is 0.360. The molecule has 33 heavy (non-hydrogen) atoms. The van der Waals surface area contributed by atoms with E-state index in [0.717, 1.165) is 18.4 Å². The molecule has 1 fully saturated rings. The Kier molecular flexibility index (Phi) is 7.92. The van der Waals surface area contributed by atoms with E-state index in [1.165, 1.54) is 6.07 Å². The third-order valence-electron chi connectivity index (χ3n) is 5.72. The quantitative estimate of drug-likeness (QED) is 0.576. The van der Waals surface area contributed by atoms with Gasteiger partial charge in [-0.1, -0.05) is 38.1 Å². The molecular formula is C25H31N3O4S. The lowest BCUT2D eigenvalue weighted by Gasteiger charge is -2.32. The van der Waals surface area contributed by atoms with Crippen LogP contribution in [0.3, 0.4) is 0 Å². The summed E-state index contributed by atoms with van der Waals surface area (Å²) in [4.78, 5) is 27.2. The van der Waals surface area contributed by atoms with Crippen LogP contribution in [0.25, 0.3) is 0 Å². The van der Waals surface area contributed by atoms with Crippen LogP contribution in [0.15, 0.2) is 66.1 Å². The monoisotopic (exact) mass is 469 g/mol. The van der Waals surface area contributed by atoms with Gasteiger partial charge in [0, 0.05) is 30.9 Å². The third-order valence-corrected chi connectivity index (χ3v) is 7.12. The highest BCUT2D eigenvalue weighted by Gasteiger charge is 2.29. The smallest absolute Gasteiger partial charge is 0.261 e. The van der Waals surface area contributed by atoms with Crippen LogP contribution in [0, 0.1) is 5.92 Å². The number of nitrogens with zero attached hydrogens (tertiary/aromatic N) is 1. The average Bonchev–Trinajstić information content (AvgIpc) is 2.82. The van der Waals surface area contributed by atoms with Gasteiger partial charge in [0.1, 0.15) is 0 Å². The summed E-state index contributed by atoms with van der Waals surface area (Å²) in [6.07, 6.45) is 3.08. The number of benzene rings is 2. The molecule has 0 spiro atoms. The van der Waals surface area contributed by atoms with Crippen molar-refractivity contribution in [1.82, 2.24) is 10.2 Å². The standard InChI is InChI=1S/C25H31N3O4S/c1-4-14-26-24(29)21-8-6-15-28(17-21)25(30)20-7-5-9-22(16-20)27-33(31,32)23-12-10-19(11-13-23)18(2)3/h4-5,7,9-13,16,18,21,27H,1,6,8,14-15,17H2,2-3H3,(H,26,29). The lowest BCUT2D eigenvalue weighted by Crippen LogP contribution is -2.45. The molecule has 0 radical (unpaired) electrons. The van der Waals surface area contributed by atoms with Crippen LogP contribution in [-0.4, -0.2) is 44.8 Å². The van der Waals surface area contributed by atoms with Gasteiger partial charge in [0.05, 0.1) is 10.8 Å². The maximum atomic E-state index is 13.1. The lowest BCUT2D eigenvalue weighted by molar-refractivity contribution is -0.126. The first-order valence-corrected chi connectivity index (χ1v) is 12.6. The molecule has 8 heteroatoms. The van der Waals surface area contributed by atoms with Crippen molar-refractivity contribution in [2.75, 3.05) is 24.4 Å². The van der Waals surface area contributed by atoms with Crippen molar-refractivity contribution in [2.24, 2.45) is 5.92 Å². The summed E-state index contributed by atoms with van der Waals surface area (Å²) in [6, 6.07) is 13.2. The Morgan fingerprint density at radius 1 is 1.18 bits per heavy atom. The summed E-state index contributed by atoms with van der Waals surface area (Å²) in [5, 5.41) is 2.79. The van der Waals surface area contributed by atoms with Crippen molar-refractivity contribution in [2.45, 2.75) is 37.5 Å². The van der Waals surface area contributed by atoms with E-state index >= 15 is 0 Å². The predicted molar refractivity (Wildman–Crippen MR) is 130 cm³/mol. The first-order valence-electron chi connectivity index (χ1n) is 11.1. The summed E-state index contributed by atoms with van der Waals surface area (Å²) in [6.45, 7) is 8.97. The van der Waals surface area contributed by atoms with E-state index in [1.807, 2.05) is 13.8 Å². The maximum Gasteiger partial charge on any atom is 0.261 e. The highest BCUT2D eigenvalue weighted by Crippen LogP contribution is 2.23. The topological polar surface area (TPSA) is 95.6 Å². The second kappa shape index (κ2) is 10.7. The van der Waals surface area contributed by atoms with E-state index in [1.54, 1.807) is 53.4 Å². The SMILES string of the molecule is C=CCNC(=O)C1CCCN(C(=O)c2cccc(NS(=O)(=O)c3ccc(C(C)C)cc3)c2)C1. The molecule has 7 nitrogen and oxygen atoms in total. The number of hydrogen-bond donors (Lipinski definition) is 2. The largest absolute Gasteiger partial charge is 0.352 e. The first kappa shape index (κ1) is 24.5. The van der Waals surface area contributed by atoms with Crippen LogP contribution in [0.4, 0.5) is 5.69 Å². The molecule has 1 aliphatic heterocycles. The molecule has 2 aromatic rings. The molecular weight excluding hydrogens is 438 g/mol. The highest BCUT2D eigenvalue weighted by atomic mass is 32.2. The number of carbonyl (C=O) groups is 2. The van der Waals surface area contributed by atoms with Gasteiger partial charge in [0.25, 0.3) is 15.9 Å². The van der Waals surface area contributed by atoms with Crippen LogP contribution < -0.4 is 10.0 Å². The van der Waals surface area contributed by atoms with E-state index < -0.39 is 10.0 Å². The Labute approximate surface area is 195 Å². The molecule has 2 aromatic carbocycles. The van der Waals surface area contributed by atoms with E-state index in [0.29, 0.717) is 36.8 Å². The molecule has 1 saturated heterocycles. The van der Waals surface area contributed by atoms with Gasteiger partial charge in [0.2, 0.25) is 5.91 Å². The average molecular weight is 470 g/mol. The normalized spacial score (nSPS) is 16.3. The van der Waals surface area contributed by atoms with E-state index in [9.17, 15) is 18.0 Å². The maximum absolute atomic E-state index is 13.1. The highest BCUT2D eigenvalue weighted by molar-refractivity contribution is 7.92. The van der Waals surface area contributed by atoms with Crippen molar-refractivity contribution in [3.05, 3.63) is 72.3 Å². The van der Waals surface area contributed by atoms with E-state index in [2.05, 4.69) is 16.6 Å². The molecule has 176 valence electrons. The van der Waals surface area contributed by atoms with Crippen molar-refractivity contribution >= 4 is 27.5 Å². The van der Waals surface area contributed by atoms with Gasteiger partial charge in [0.15, 0.2) is 0 Å². The number of nitrogens with one attached hydrogen (secondary N) is 2. The predicted octanol–water partition coefficient (Wildman–Crippen LogP) is 3.77. The summed E-state index contributed by atoms with van der Waals surface area (Å²) in [5.74, 6) is -0.269. The number of hydrogen-bond acceptors (Lipinski definition) is 4. The van der Waals surface area contributed by atoms with Crippen molar-refractivity contribution < 1.29 is 18.0 Å². The number of piperidine rings is 1. The van der Waals surface area contributed by atoms with Crippen LogP contribution >= 0.6 is 0 Å². The van der Waals surface area contributed by atoms with Gasteiger partial charge in [-0.25, -0.2) is 8.42 Å². The Balaban J connectivity index is 1.71. The van der Waals surface area contributed by atoms with Gasteiger partial charge in [-0.15, -0.1) is 6.58 Å². The van der Waals surface area contributed by atoms with Gasteiger partial charge in [-0.2, -0.15) is 0 Å². The summed E-state index contributed by atoms with van der Waals surface area (Å²) >= 11 is 0. The zero-order chi connectivity index (χ0) is 24.0. The molecule has 0 aromatic heterocycles. The number of anilines is 1. The van der Waals surface area contributed by atoms with Crippen LogP contribution in [0.1, 0.15) is 48.5 Å². The zero-order valence-corrected chi connectivity index (χ0v) is 19.9. The molecule has 1 aliphatic rings. The van der Waals surface area contributed by atoms with E-state index in [-0.39, 0.29) is 22.6 Å². The van der Waals surface area contributed by atoms with Crippen LogP contribution in [0.2, 0.25) is 0 Å². The lowest BCUT2D eigenvalue weighted by atomic mass is 9.96. The Bertz CT molecular complexity index is 1110. The molecule has 0 aliphatic carbocycles. The zero-order valence-electron chi connectivity index (χ0n) is 19.1. The number of rotatable bonds is 8. The molecule has 1 heterocycles. The van der Waals surface area contributed by atoms with E-state index in [4.69, 9.17) is 0 Å². The Morgan fingerprint density at radius 2 is 1.91 bits per heavy atom. The Morgan fingerprint density at radius 3 is 2.58 bits per heavy atom. The molecule has 1 atom stereocenters. The summed E-state index contributed by atoms with van der Waals surface area (Å²) in [5.41, 5.74) is 1.74. The Hall–Kier alpha value is -3.13. The van der Waals surface area contributed by atoms with Gasteiger partial charge >= 0.3 is 0 Å².